The minimum atomic E-state index is 0.0869. The molecule has 1 rings (SSSR count). The third-order valence-corrected chi connectivity index (χ3v) is 3.31. The molecule has 0 saturated heterocycles. The molecule has 0 saturated carbocycles. The molecule has 0 bridgehead atoms. The largest absolute Gasteiger partial charge is 0.335 e. The zero-order valence-electron chi connectivity index (χ0n) is 10.3. The number of nitrogens with zero attached hydrogens (tertiary/aromatic N) is 1. The van der Waals surface area contributed by atoms with Crippen molar-refractivity contribution in [1.29, 1.82) is 0 Å². The highest BCUT2D eigenvalue weighted by molar-refractivity contribution is 9.10. The van der Waals surface area contributed by atoms with Crippen LogP contribution in [-0.4, -0.2) is 28.7 Å². The van der Waals surface area contributed by atoms with E-state index in [0.29, 0.717) is 0 Å². The van der Waals surface area contributed by atoms with Gasteiger partial charge in [-0.3, -0.25) is 4.79 Å². The van der Waals surface area contributed by atoms with Crippen LogP contribution in [0.5, 0.6) is 0 Å². The Morgan fingerprint density at radius 3 is 2.47 bits per heavy atom. The van der Waals surface area contributed by atoms with E-state index in [1.807, 2.05) is 43.9 Å². The van der Waals surface area contributed by atoms with Gasteiger partial charge < -0.3 is 4.90 Å². The maximum Gasteiger partial charge on any atom is 0.254 e. The Bertz CT molecular complexity index is 384. The molecule has 0 radical (unpaired) electrons. The maximum atomic E-state index is 12.4. The number of alkyl halides is 1. The second-order valence-corrected chi connectivity index (χ2v) is 6.01. The van der Waals surface area contributed by atoms with Crippen LogP contribution in [0, 0.1) is 6.92 Å². The summed E-state index contributed by atoms with van der Waals surface area (Å²) < 4.78 is 0.948. The Labute approximate surface area is 120 Å². The third kappa shape index (κ3) is 4.11. The fraction of sp³-hybridized carbons (Fsp3) is 0.462. The number of hydrogen-bond donors (Lipinski definition) is 0. The summed E-state index contributed by atoms with van der Waals surface area (Å²) in [6, 6.07) is 6.01. The first-order chi connectivity index (χ1) is 7.95. The molecule has 0 unspecified atom stereocenters. The molecule has 0 spiro atoms. The van der Waals surface area contributed by atoms with Gasteiger partial charge >= 0.3 is 0 Å². The fourth-order valence-electron chi connectivity index (χ4n) is 1.71. The van der Waals surface area contributed by atoms with Crippen LogP contribution in [0.25, 0.3) is 0 Å². The van der Waals surface area contributed by atoms with Gasteiger partial charge in [-0.2, -0.15) is 0 Å². The van der Waals surface area contributed by atoms with Gasteiger partial charge in [-0.05, 0) is 44.5 Å². The van der Waals surface area contributed by atoms with Crippen LogP contribution in [0.1, 0.15) is 29.8 Å². The van der Waals surface area contributed by atoms with Gasteiger partial charge in [0.25, 0.3) is 5.91 Å². The van der Waals surface area contributed by atoms with Crippen molar-refractivity contribution in [3.8, 4) is 0 Å². The van der Waals surface area contributed by atoms with E-state index in [2.05, 4.69) is 31.9 Å². The summed E-state index contributed by atoms with van der Waals surface area (Å²) in [6.45, 7) is 6.78. The lowest BCUT2D eigenvalue weighted by Crippen LogP contribution is -2.38. The maximum absolute atomic E-state index is 12.4. The first-order valence-electron chi connectivity index (χ1n) is 5.60. The first kappa shape index (κ1) is 14.7. The van der Waals surface area contributed by atoms with E-state index < -0.39 is 0 Å². The molecule has 94 valence electrons. The Kier molecular flexibility index (Phi) is 5.67. The van der Waals surface area contributed by atoms with Crippen molar-refractivity contribution in [2.24, 2.45) is 0 Å². The summed E-state index contributed by atoms with van der Waals surface area (Å²) in [7, 11) is 0. The monoisotopic (exact) mass is 361 g/mol. The second kappa shape index (κ2) is 6.55. The van der Waals surface area contributed by atoms with Gasteiger partial charge in [0.05, 0.1) is 0 Å². The molecule has 0 aromatic heterocycles. The predicted octanol–water partition coefficient (Wildman–Crippen LogP) is 4.00. The van der Waals surface area contributed by atoms with E-state index in [1.165, 1.54) is 0 Å². The topological polar surface area (TPSA) is 20.3 Å². The Morgan fingerprint density at radius 2 is 2.00 bits per heavy atom. The molecule has 2 nitrogen and oxygen atoms in total. The summed E-state index contributed by atoms with van der Waals surface area (Å²) in [6.07, 6.45) is 0. The lowest BCUT2D eigenvalue weighted by atomic mass is 10.1. The summed E-state index contributed by atoms with van der Waals surface area (Å²) >= 11 is 6.81. The average molecular weight is 363 g/mol. The van der Waals surface area contributed by atoms with E-state index in [0.717, 1.165) is 27.5 Å². The molecule has 0 heterocycles. The molecule has 1 aromatic rings. The van der Waals surface area contributed by atoms with Crippen LogP contribution in [0.4, 0.5) is 0 Å². The number of amides is 1. The molecule has 0 aliphatic heterocycles. The van der Waals surface area contributed by atoms with Crippen molar-refractivity contribution in [2.45, 2.75) is 26.8 Å². The molecule has 0 fully saturated rings. The number of carbonyl (C=O) groups excluding carboxylic acids is 1. The van der Waals surface area contributed by atoms with E-state index >= 15 is 0 Å². The molecule has 0 aliphatic rings. The van der Waals surface area contributed by atoms with Crippen molar-refractivity contribution in [2.75, 3.05) is 11.9 Å². The zero-order valence-corrected chi connectivity index (χ0v) is 13.5. The van der Waals surface area contributed by atoms with Crippen LogP contribution in [0.15, 0.2) is 22.7 Å². The number of carbonyl (C=O) groups is 1. The van der Waals surface area contributed by atoms with E-state index in [1.54, 1.807) is 0 Å². The van der Waals surface area contributed by atoms with E-state index in [-0.39, 0.29) is 11.9 Å². The summed E-state index contributed by atoms with van der Waals surface area (Å²) in [5.41, 5.74) is 1.83. The third-order valence-electron chi connectivity index (χ3n) is 2.50. The van der Waals surface area contributed by atoms with Crippen molar-refractivity contribution in [1.82, 2.24) is 4.90 Å². The Morgan fingerprint density at radius 1 is 1.35 bits per heavy atom. The Hall–Kier alpha value is -0.350. The van der Waals surface area contributed by atoms with Gasteiger partial charge in [0.15, 0.2) is 0 Å². The first-order valence-corrected chi connectivity index (χ1v) is 7.51. The molecule has 1 aromatic carbocycles. The van der Waals surface area contributed by atoms with Crippen molar-refractivity contribution in [3.63, 3.8) is 0 Å². The quantitative estimate of drug-likeness (QED) is 0.741. The number of halogens is 2. The number of hydrogen-bond acceptors (Lipinski definition) is 1. The van der Waals surface area contributed by atoms with Crippen LogP contribution >= 0.6 is 31.9 Å². The molecule has 17 heavy (non-hydrogen) atoms. The summed E-state index contributed by atoms with van der Waals surface area (Å²) in [5.74, 6) is 0.0869. The van der Waals surface area contributed by atoms with Gasteiger partial charge in [0, 0.05) is 28.0 Å². The van der Waals surface area contributed by atoms with Crippen molar-refractivity contribution < 1.29 is 4.79 Å². The van der Waals surface area contributed by atoms with Crippen LogP contribution in [0.2, 0.25) is 0 Å². The second-order valence-electron chi connectivity index (χ2n) is 4.30. The summed E-state index contributed by atoms with van der Waals surface area (Å²) in [4.78, 5) is 14.2. The lowest BCUT2D eigenvalue weighted by Gasteiger charge is -2.26. The average Bonchev–Trinajstić information content (AvgIpc) is 2.23. The molecular formula is C13H17Br2NO. The molecular weight excluding hydrogens is 346 g/mol. The SMILES string of the molecule is Cc1cc(Br)cc(C(=O)N(CCBr)C(C)C)c1. The van der Waals surface area contributed by atoms with Gasteiger partial charge in [-0.1, -0.05) is 31.9 Å². The molecule has 0 N–H and O–H groups in total. The highest BCUT2D eigenvalue weighted by Gasteiger charge is 2.18. The fourth-order valence-corrected chi connectivity index (χ4v) is 2.70. The minimum Gasteiger partial charge on any atom is -0.335 e. The number of aryl methyl sites for hydroxylation is 1. The van der Waals surface area contributed by atoms with Gasteiger partial charge in [0.1, 0.15) is 0 Å². The van der Waals surface area contributed by atoms with Crippen molar-refractivity contribution in [3.05, 3.63) is 33.8 Å². The summed E-state index contributed by atoms with van der Waals surface area (Å²) in [5, 5.41) is 0.796. The van der Waals surface area contributed by atoms with Gasteiger partial charge in [-0.15, -0.1) is 0 Å². The van der Waals surface area contributed by atoms with Crippen LogP contribution in [-0.2, 0) is 0 Å². The minimum absolute atomic E-state index is 0.0869. The predicted molar refractivity (Wildman–Crippen MR) is 78.8 cm³/mol. The zero-order chi connectivity index (χ0) is 13.0. The molecule has 0 atom stereocenters. The normalized spacial score (nSPS) is 10.7. The number of benzene rings is 1. The standard InChI is InChI=1S/C13H17Br2NO/c1-9(2)16(5-4-14)13(17)11-6-10(3)7-12(15)8-11/h6-9H,4-5H2,1-3H3. The Balaban J connectivity index is 3.00. The van der Waals surface area contributed by atoms with Gasteiger partial charge in [-0.25, -0.2) is 0 Å². The van der Waals surface area contributed by atoms with Gasteiger partial charge in [0.2, 0.25) is 0 Å². The highest BCUT2D eigenvalue weighted by Crippen LogP contribution is 2.17. The molecule has 1 amide bonds. The van der Waals surface area contributed by atoms with E-state index in [9.17, 15) is 4.79 Å². The smallest absolute Gasteiger partial charge is 0.254 e. The van der Waals surface area contributed by atoms with Crippen LogP contribution in [0.3, 0.4) is 0 Å². The highest BCUT2D eigenvalue weighted by atomic mass is 79.9. The molecule has 0 aliphatic carbocycles. The van der Waals surface area contributed by atoms with Crippen LogP contribution < -0.4 is 0 Å². The number of rotatable bonds is 4. The molecule has 4 heteroatoms. The van der Waals surface area contributed by atoms with Crippen molar-refractivity contribution >= 4 is 37.8 Å². The van der Waals surface area contributed by atoms with E-state index in [4.69, 9.17) is 0 Å². The lowest BCUT2D eigenvalue weighted by molar-refractivity contribution is 0.0719.